The zero-order chi connectivity index (χ0) is 20.3. The van der Waals surface area contributed by atoms with E-state index in [-0.39, 0.29) is 0 Å². The molecule has 0 bridgehead atoms. The Hall–Kier alpha value is -2.29. The van der Waals surface area contributed by atoms with E-state index >= 15 is 0 Å². The second-order valence-corrected chi connectivity index (χ2v) is 8.62. The molecule has 0 spiro atoms. The normalized spacial score (nSPS) is 16.0. The summed E-state index contributed by atoms with van der Waals surface area (Å²) in [4.78, 5) is 2.37. The van der Waals surface area contributed by atoms with Crippen LogP contribution < -0.4 is 4.90 Å². The first-order chi connectivity index (χ1) is 14.0. The van der Waals surface area contributed by atoms with E-state index in [1.165, 1.54) is 22.4 Å². The van der Waals surface area contributed by atoms with Crippen LogP contribution in [-0.2, 0) is 18.4 Å². The third-order valence-corrected chi connectivity index (χ3v) is 6.31. The molecule has 1 fully saturated rings. The lowest BCUT2D eigenvalue weighted by molar-refractivity contribution is 0.0118. The Kier molecular flexibility index (Phi) is 5.94. The molecule has 0 amide bonds. The number of hydrogen-bond donors (Lipinski definition) is 1. The minimum Gasteiger partial charge on any atom is -0.385 e. The number of hydrogen-bond acceptors (Lipinski definition) is 2. The van der Waals surface area contributed by atoms with Gasteiger partial charge in [0.25, 0.3) is 0 Å². The minimum atomic E-state index is -0.755. The van der Waals surface area contributed by atoms with Crippen LogP contribution in [0.25, 0.3) is 0 Å². The summed E-state index contributed by atoms with van der Waals surface area (Å²) in [6.45, 7) is 3.84. The van der Waals surface area contributed by atoms with Gasteiger partial charge >= 0.3 is 0 Å². The summed E-state index contributed by atoms with van der Waals surface area (Å²) >= 11 is 5.99. The van der Waals surface area contributed by atoms with E-state index < -0.39 is 5.60 Å². The van der Waals surface area contributed by atoms with Gasteiger partial charge in [-0.15, -0.1) is 0 Å². The van der Waals surface area contributed by atoms with E-state index in [4.69, 9.17) is 11.6 Å². The maximum absolute atomic E-state index is 11.1. The van der Waals surface area contributed by atoms with Crippen LogP contribution in [0.5, 0.6) is 0 Å². The Morgan fingerprint density at radius 2 is 1.52 bits per heavy atom. The number of halogens is 1. The molecule has 0 radical (unpaired) electrons. The van der Waals surface area contributed by atoms with Gasteiger partial charge < -0.3 is 10.0 Å². The Morgan fingerprint density at radius 1 is 0.862 bits per heavy atom. The topological polar surface area (TPSA) is 23.5 Å². The zero-order valence-corrected chi connectivity index (χ0v) is 17.7. The minimum absolute atomic E-state index is 0.706. The van der Waals surface area contributed by atoms with Gasteiger partial charge in [-0.2, -0.15) is 0 Å². The molecule has 0 aromatic heterocycles. The van der Waals surface area contributed by atoms with Crippen molar-refractivity contribution < 1.29 is 5.11 Å². The van der Waals surface area contributed by atoms with Gasteiger partial charge in [0.1, 0.15) is 0 Å². The fourth-order valence-corrected chi connectivity index (χ4v) is 4.34. The summed E-state index contributed by atoms with van der Waals surface area (Å²) in [5, 5.41) is 11.8. The monoisotopic (exact) mass is 405 g/mol. The van der Waals surface area contributed by atoms with Crippen LogP contribution in [0.4, 0.5) is 5.69 Å². The smallest absolute Gasteiger partial charge is 0.0930 e. The van der Waals surface area contributed by atoms with Gasteiger partial charge in [0.15, 0.2) is 0 Å². The van der Waals surface area contributed by atoms with Gasteiger partial charge in [0.2, 0.25) is 0 Å². The molecule has 29 heavy (non-hydrogen) atoms. The van der Waals surface area contributed by atoms with Crippen LogP contribution in [0.1, 0.15) is 35.1 Å². The van der Waals surface area contributed by atoms with E-state index in [9.17, 15) is 5.11 Å². The first-order valence-corrected chi connectivity index (χ1v) is 10.8. The van der Waals surface area contributed by atoms with Crippen LogP contribution >= 0.6 is 11.6 Å². The molecular weight excluding hydrogens is 378 g/mol. The third-order valence-electron chi connectivity index (χ3n) is 6.06. The Labute approximate surface area is 178 Å². The van der Waals surface area contributed by atoms with Gasteiger partial charge in [-0.05, 0) is 73.6 Å². The lowest BCUT2D eigenvalue weighted by Gasteiger charge is -2.39. The molecule has 0 saturated carbocycles. The molecular formula is C26H28ClNO. The van der Waals surface area contributed by atoms with E-state index in [2.05, 4.69) is 60.4 Å². The number of anilines is 1. The Balaban J connectivity index is 1.34. The Morgan fingerprint density at radius 3 is 2.17 bits per heavy atom. The number of piperidine rings is 1. The summed E-state index contributed by atoms with van der Waals surface area (Å²) in [7, 11) is 0. The molecule has 3 heteroatoms. The predicted molar refractivity (Wildman–Crippen MR) is 122 cm³/mol. The molecule has 2 nitrogen and oxygen atoms in total. The van der Waals surface area contributed by atoms with E-state index in [0.29, 0.717) is 5.02 Å². The van der Waals surface area contributed by atoms with E-state index in [0.717, 1.165) is 44.3 Å². The molecule has 0 unspecified atom stereocenters. The van der Waals surface area contributed by atoms with Gasteiger partial charge in [0.05, 0.1) is 5.60 Å². The highest BCUT2D eigenvalue weighted by Crippen LogP contribution is 2.35. The average molecular weight is 406 g/mol. The van der Waals surface area contributed by atoms with Crippen LogP contribution in [0.15, 0.2) is 72.8 Å². The van der Waals surface area contributed by atoms with Crippen molar-refractivity contribution in [3.05, 3.63) is 100 Å². The number of benzene rings is 3. The highest BCUT2D eigenvalue weighted by Gasteiger charge is 2.33. The van der Waals surface area contributed by atoms with Crippen LogP contribution in [-0.4, -0.2) is 18.2 Å². The third kappa shape index (κ3) is 4.83. The first kappa shape index (κ1) is 20.0. The number of aryl methyl sites for hydroxylation is 3. The summed E-state index contributed by atoms with van der Waals surface area (Å²) in [6.07, 6.45) is 3.58. The van der Waals surface area contributed by atoms with Crippen molar-refractivity contribution in [1.82, 2.24) is 0 Å². The van der Waals surface area contributed by atoms with Crippen molar-refractivity contribution in [2.45, 2.75) is 38.2 Å². The summed E-state index contributed by atoms with van der Waals surface area (Å²) in [5.74, 6) is 0. The van der Waals surface area contributed by atoms with Crippen LogP contribution in [0, 0.1) is 6.92 Å². The quantitative estimate of drug-likeness (QED) is 0.569. The van der Waals surface area contributed by atoms with E-state index in [1.54, 1.807) is 0 Å². The van der Waals surface area contributed by atoms with Crippen LogP contribution in [0.3, 0.4) is 0 Å². The Bertz CT molecular complexity index is 941. The molecule has 1 heterocycles. The van der Waals surface area contributed by atoms with Gasteiger partial charge in [0, 0.05) is 23.8 Å². The van der Waals surface area contributed by atoms with Gasteiger partial charge in [-0.3, -0.25) is 0 Å². The maximum atomic E-state index is 11.1. The van der Waals surface area contributed by atoms with Crippen molar-refractivity contribution >= 4 is 17.3 Å². The molecule has 150 valence electrons. The van der Waals surface area contributed by atoms with Crippen molar-refractivity contribution in [3.8, 4) is 0 Å². The molecule has 1 saturated heterocycles. The lowest BCUT2D eigenvalue weighted by atomic mass is 9.84. The van der Waals surface area contributed by atoms with Crippen molar-refractivity contribution in [1.29, 1.82) is 0 Å². The van der Waals surface area contributed by atoms with Crippen molar-refractivity contribution in [3.63, 3.8) is 0 Å². The fraction of sp³-hybridized carbons (Fsp3) is 0.308. The predicted octanol–water partition coefficient (Wildman–Crippen LogP) is 5.92. The molecule has 4 rings (SSSR count). The van der Waals surface area contributed by atoms with Crippen molar-refractivity contribution in [2.24, 2.45) is 0 Å². The number of nitrogens with zero attached hydrogens (tertiary/aromatic N) is 1. The zero-order valence-electron chi connectivity index (χ0n) is 16.9. The molecule has 1 aliphatic rings. The molecule has 3 aromatic rings. The average Bonchev–Trinajstić information content (AvgIpc) is 2.74. The summed E-state index contributed by atoms with van der Waals surface area (Å²) < 4.78 is 0. The number of rotatable bonds is 5. The number of aliphatic hydroxyl groups is 1. The molecule has 0 atom stereocenters. The highest BCUT2D eigenvalue weighted by atomic mass is 35.5. The molecule has 3 aromatic carbocycles. The van der Waals surface area contributed by atoms with Gasteiger partial charge in [-0.1, -0.05) is 65.7 Å². The SMILES string of the molecule is Cc1cccc(CCc2ccc(N3CCC(O)(c4ccc(Cl)cc4)CC3)cc2)c1. The second-order valence-electron chi connectivity index (χ2n) is 8.18. The standard InChI is InChI=1S/C26H28ClNO/c1-20-3-2-4-22(19-20)6-5-21-7-13-25(14-8-21)28-17-15-26(29,16-18-28)23-9-11-24(27)12-10-23/h2-4,7-14,19,29H,5-6,15-18H2,1H3. The summed E-state index contributed by atoms with van der Waals surface area (Å²) in [5.41, 5.74) is 5.53. The second kappa shape index (κ2) is 8.61. The molecule has 1 aliphatic heterocycles. The van der Waals surface area contributed by atoms with E-state index in [1.807, 2.05) is 24.3 Å². The van der Waals surface area contributed by atoms with Crippen molar-refractivity contribution in [2.75, 3.05) is 18.0 Å². The van der Waals surface area contributed by atoms with Gasteiger partial charge in [-0.25, -0.2) is 0 Å². The largest absolute Gasteiger partial charge is 0.385 e. The highest BCUT2D eigenvalue weighted by molar-refractivity contribution is 6.30. The first-order valence-electron chi connectivity index (χ1n) is 10.4. The van der Waals surface area contributed by atoms with Crippen LogP contribution in [0.2, 0.25) is 5.02 Å². The summed E-state index contributed by atoms with van der Waals surface area (Å²) in [6, 6.07) is 25.3. The molecule has 1 N–H and O–H groups in total. The maximum Gasteiger partial charge on any atom is 0.0930 e. The lowest BCUT2D eigenvalue weighted by Crippen LogP contribution is -2.42. The fourth-order valence-electron chi connectivity index (χ4n) is 4.21. The molecule has 0 aliphatic carbocycles.